The van der Waals surface area contributed by atoms with E-state index in [0.717, 1.165) is 24.1 Å². The van der Waals surface area contributed by atoms with Gasteiger partial charge in [-0.05, 0) is 37.1 Å². The van der Waals surface area contributed by atoms with E-state index in [2.05, 4.69) is 13.8 Å². The smallest absolute Gasteiger partial charge is 0.246 e. The average Bonchev–Trinajstić information content (AvgIpc) is 2.37. The molecule has 0 spiro atoms. The molecule has 1 aromatic rings. The topological polar surface area (TPSA) is 46.3 Å². The molecule has 0 aliphatic carbocycles. The summed E-state index contributed by atoms with van der Waals surface area (Å²) in [4.78, 5) is 13.7. The van der Waals surface area contributed by atoms with Crippen LogP contribution in [0.5, 0.6) is 0 Å². The number of nitrogens with two attached hydrogens (primary N) is 1. The average molecular weight is 246 g/mol. The first kappa shape index (κ1) is 14.3. The van der Waals surface area contributed by atoms with Gasteiger partial charge in [0.05, 0.1) is 0 Å². The van der Waals surface area contributed by atoms with Crippen LogP contribution in [-0.2, 0) is 4.79 Å². The fraction of sp³-hybridized carbons (Fsp3) is 0.400. The highest BCUT2D eigenvalue weighted by Gasteiger charge is 2.11. The van der Waals surface area contributed by atoms with Crippen molar-refractivity contribution in [2.75, 3.05) is 12.8 Å². The summed E-state index contributed by atoms with van der Waals surface area (Å²) in [5.41, 5.74) is 7.31. The maximum absolute atomic E-state index is 11.9. The van der Waals surface area contributed by atoms with Crippen LogP contribution in [0.3, 0.4) is 0 Å². The van der Waals surface area contributed by atoms with Gasteiger partial charge in [0.2, 0.25) is 5.91 Å². The first-order chi connectivity index (χ1) is 8.54. The number of likely N-dealkylation sites (N-methyl/N-ethyl adjacent to an activating group) is 1. The normalized spacial score (nSPS) is 12.6. The van der Waals surface area contributed by atoms with Crippen LogP contribution in [-0.4, -0.2) is 23.9 Å². The number of hydrogen-bond donors (Lipinski definition) is 1. The Bertz CT molecular complexity index is 409. The molecule has 0 aliphatic heterocycles. The van der Waals surface area contributed by atoms with Crippen LogP contribution in [0.4, 0.5) is 5.69 Å². The molecule has 98 valence electrons. The number of carbonyl (C=O) groups excluding carboxylic acids is 1. The molecule has 1 atom stereocenters. The molecule has 3 nitrogen and oxygen atoms in total. The van der Waals surface area contributed by atoms with Crippen molar-refractivity contribution in [1.29, 1.82) is 0 Å². The van der Waals surface area contributed by atoms with E-state index in [0.29, 0.717) is 0 Å². The first-order valence-corrected chi connectivity index (χ1v) is 6.35. The van der Waals surface area contributed by atoms with Gasteiger partial charge in [0.1, 0.15) is 0 Å². The molecule has 0 fully saturated rings. The van der Waals surface area contributed by atoms with E-state index in [4.69, 9.17) is 5.73 Å². The minimum absolute atomic E-state index is 0.0350. The van der Waals surface area contributed by atoms with Crippen molar-refractivity contribution < 1.29 is 4.79 Å². The molecule has 1 rings (SSSR count). The van der Waals surface area contributed by atoms with Gasteiger partial charge >= 0.3 is 0 Å². The Morgan fingerprint density at radius 1 is 1.39 bits per heavy atom. The van der Waals surface area contributed by atoms with E-state index < -0.39 is 0 Å². The fourth-order valence-electron chi connectivity index (χ4n) is 1.72. The summed E-state index contributed by atoms with van der Waals surface area (Å²) >= 11 is 0. The van der Waals surface area contributed by atoms with E-state index in [9.17, 15) is 4.79 Å². The highest BCUT2D eigenvalue weighted by Crippen LogP contribution is 2.09. The second-order valence-electron chi connectivity index (χ2n) is 4.59. The summed E-state index contributed by atoms with van der Waals surface area (Å²) in [5.74, 6) is 0.0350. The zero-order valence-electron chi connectivity index (χ0n) is 11.4. The van der Waals surface area contributed by atoms with Crippen molar-refractivity contribution in [3.63, 3.8) is 0 Å². The third kappa shape index (κ3) is 4.24. The van der Waals surface area contributed by atoms with E-state index in [1.54, 1.807) is 11.0 Å². The summed E-state index contributed by atoms with van der Waals surface area (Å²) < 4.78 is 0. The number of nitrogen functional groups attached to an aromatic ring is 1. The Kier molecular flexibility index (Phi) is 5.43. The maximum Gasteiger partial charge on any atom is 0.246 e. The number of carbonyl (C=O) groups is 1. The lowest BCUT2D eigenvalue weighted by Crippen LogP contribution is -2.33. The van der Waals surface area contributed by atoms with Crippen LogP contribution < -0.4 is 5.73 Å². The minimum Gasteiger partial charge on any atom is -0.399 e. The summed E-state index contributed by atoms with van der Waals surface area (Å²) in [6.45, 7) is 4.19. The highest BCUT2D eigenvalue weighted by atomic mass is 16.2. The molecule has 2 N–H and O–H groups in total. The van der Waals surface area contributed by atoms with Crippen molar-refractivity contribution in [2.45, 2.75) is 32.7 Å². The molecule has 18 heavy (non-hydrogen) atoms. The van der Waals surface area contributed by atoms with Crippen molar-refractivity contribution in [1.82, 2.24) is 4.90 Å². The number of hydrogen-bond acceptors (Lipinski definition) is 2. The lowest BCUT2D eigenvalue weighted by Gasteiger charge is -2.23. The molecule has 0 aliphatic rings. The largest absolute Gasteiger partial charge is 0.399 e. The Morgan fingerprint density at radius 2 is 2.00 bits per heavy atom. The molecule has 0 aromatic heterocycles. The monoisotopic (exact) mass is 246 g/mol. The van der Waals surface area contributed by atoms with Gasteiger partial charge in [-0.1, -0.05) is 25.5 Å². The second-order valence-corrected chi connectivity index (χ2v) is 4.59. The molecule has 1 unspecified atom stereocenters. The van der Waals surface area contributed by atoms with Gasteiger partial charge in [0, 0.05) is 24.9 Å². The molecule has 0 saturated heterocycles. The van der Waals surface area contributed by atoms with Gasteiger partial charge < -0.3 is 10.6 Å². The number of amides is 1. The van der Waals surface area contributed by atoms with Gasteiger partial charge in [0.25, 0.3) is 0 Å². The molecule has 0 heterocycles. The highest BCUT2D eigenvalue weighted by molar-refractivity contribution is 5.91. The third-order valence-electron chi connectivity index (χ3n) is 3.07. The predicted octanol–water partition coefficient (Wildman–Crippen LogP) is 2.93. The Hall–Kier alpha value is -1.77. The molecular weight excluding hydrogens is 224 g/mol. The van der Waals surface area contributed by atoms with E-state index in [-0.39, 0.29) is 11.9 Å². The minimum atomic E-state index is 0.0350. The van der Waals surface area contributed by atoms with Gasteiger partial charge in [-0.15, -0.1) is 0 Å². The molecule has 0 radical (unpaired) electrons. The summed E-state index contributed by atoms with van der Waals surface area (Å²) in [5, 5.41) is 0. The van der Waals surface area contributed by atoms with E-state index >= 15 is 0 Å². The van der Waals surface area contributed by atoms with Crippen molar-refractivity contribution in [3.05, 3.63) is 35.9 Å². The fourth-order valence-corrected chi connectivity index (χ4v) is 1.72. The molecule has 3 heteroatoms. The van der Waals surface area contributed by atoms with Gasteiger partial charge in [-0.2, -0.15) is 0 Å². The molecular formula is C15H22N2O. The Labute approximate surface area is 109 Å². The number of benzene rings is 1. The SMILES string of the molecule is CCCC(C)N(C)C(=O)/C=C/c1ccc(N)cc1. The zero-order chi connectivity index (χ0) is 13.5. The lowest BCUT2D eigenvalue weighted by atomic mass is 10.1. The van der Waals surface area contributed by atoms with Crippen molar-refractivity contribution in [3.8, 4) is 0 Å². The van der Waals surface area contributed by atoms with Gasteiger partial charge in [-0.25, -0.2) is 0 Å². The second kappa shape index (κ2) is 6.84. The van der Waals surface area contributed by atoms with Crippen LogP contribution in [0.2, 0.25) is 0 Å². The van der Waals surface area contributed by atoms with Gasteiger partial charge in [-0.3, -0.25) is 4.79 Å². The molecule has 0 bridgehead atoms. The zero-order valence-corrected chi connectivity index (χ0v) is 11.4. The molecule has 1 aromatic carbocycles. The van der Waals surface area contributed by atoms with Crippen molar-refractivity contribution >= 4 is 17.7 Å². The lowest BCUT2D eigenvalue weighted by molar-refractivity contribution is -0.126. The summed E-state index contributed by atoms with van der Waals surface area (Å²) in [6, 6.07) is 7.73. The Morgan fingerprint density at radius 3 is 2.56 bits per heavy atom. The molecule has 1 amide bonds. The van der Waals surface area contributed by atoms with Crippen LogP contribution >= 0.6 is 0 Å². The first-order valence-electron chi connectivity index (χ1n) is 6.35. The third-order valence-corrected chi connectivity index (χ3v) is 3.07. The standard InChI is InChI=1S/C15H22N2O/c1-4-5-12(2)17(3)15(18)11-8-13-6-9-14(16)10-7-13/h6-12H,4-5,16H2,1-3H3/b11-8+. The number of nitrogens with zero attached hydrogens (tertiary/aromatic N) is 1. The number of anilines is 1. The van der Waals surface area contributed by atoms with Crippen LogP contribution in [0.25, 0.3) is 6.08 Å². The Balaban J connectivity index is 2.61. The predicted molar refractivity (Wildman–Crippen MR) is 77.0 cm³/mol. The molecule has 0 saturated carbocycles. The van der Waals surface area contributed by atoms with Crippen molar-refractivity contribution in [2.24, 2.45) is 0 Å². The van der Waals surface area contributed by atoms with E-state index in [1.807, 2.05) is 37.4 Å². The van der Waals surface area contributed by atoms with Crippen LogP contribution in [0.15, 0.2) is 30.3 Å². The number of rotatable bonds is 5. The summed E-state index contributed by atoms with van der Waals surface area (Å²) in [6.07, 6.45) is 5.53. The maximum atomic E-state index is 11.9. The van der Waals surface area contributed by atoms with Crippen LogP contribution in [0, 0.1) is 0 Å². The van der Waals surface area contributed by atoms with Gasteiger partial charge in [0.15, 0.2) is 0 Å². The van der Waals surface area contributed by atoms with Crippen LogP contribution in [0.1, 0.15) is 32.3 Å². The quantitative estimate of drug-likeness (QED) is 0.641. The van der Waals surface area contributed by atoms with E-state index in [1.165, 1.54) is 0 Å². The summed E-state index contributed by atoms with van der Waals surface area (Å²) in [7, 11) is 1.84.